The molecule has 0 aliphatic heterocycles. The molecular formula is C31H24ClF4N7O3. The van der Waals surface area contributed by atoms with Gasteiger partial charge in [0.05, 0.1) is 30.7 Å². The van der Waals surface area contributed by atoms with E-state index >= 15 is 0 Å². The highest BCUT2D eigenvalue weighted by Gasteiger charge is 2.37. The predicted octanol–water partition coefficient (Wildman–Crippen LogP) is 7.05. The Labute approximate surface area is 262 Å². The zero-order valence-corrected chi connectivity index (χ0v) is 24.8. The molecule has 0 amide bonds. The SMILES string of the molecule is Cn1c(Nc2cc(C(F)(F)F)cn(C3CC(OCc4ccccc4)C3)c2=O)nc2ncc(Oc3cnn4cccc(F)c34)c(Cl)c21. The summed E-state index contributed by atoms with van der Waals surface area (Å²) in [4.78, 5) is 22.1. The maximum atomic E-state index is 14.5. The van der Waals surface area contributed by atoms with Crippen LogP contribution in [0, 0.1) is 5.82 Å². The monoisotopic (exact) mass is 653 g/mol. The van der Waals surface area contributed by atoms with Crippen molar-refractivity contribution in [3.05, 3.63) is 106 Å². The lowest BCUT2D eigenvalue weighted by Crippen LogP contribution is -2.39. The number of hydrogen-bond donors (Lipinski definition) is 1. The molecule has 5 aromatic heterocycles. The van der Waals surface area contributed by atoms with Crippen molar-refractivity contribution >= 4 is 39.9 Å². The van der Waals surface area contributed by atoms with Crippen LogP contribution in [0.15, 0.2) is 78.1 Å². The second-order valence-corrected chi connectivity index (χ2v) is 11.3. The Balaban J connectivity index is 1.16. The fraction of sp³-hybridized carbons (Fsp3) is 0.226. The maximum Gasteiger partial charge on any atom is 0.417 e. The van der Waals surface area contributed by atoms with Crippen LogP contribution in [0.4, 0.5) is 29.2 Å². The van der Waals surface area contributed by atoms with Gasteiger partial charge in [0.15, 0.2) is 23.0 Å². The number of alkyl halides is 3. The number of anilines is 2. The topological polar surface area (TPSA) is 100 Å². The summed E-state index contributed by atoms with van der Waals surface area (Å²) in [5.41, 5.74) is -0.488. The molecular weight excluding hydrogens is 630 g/mol. The van der Waals surface area contributed by atoms with Crippen molar-refractivity contribution in [2.75, 3.05) is 5.32 Å². The molecule has 1 saturated carbocycles. The van der Waals surface area contributed by atoms with Crippen molar-refractivity contribution in [3.8, 4) is 11.5 Å². The minimum atomic E-state index is -4.71. The van der Waals surface area contributed by atoms with Gasteiger partial charge in [0, 0.05) is 25.5 Å². The highest BCUT2D eigenvalue weighted by atomic mass is 35.5. The van der Waals surface area contributed by atoms with Crippen LogP contribution in [0.25, 0.3) is 16.7 Å². The summed E-state index contributed by atoms with van der Waals surface area (Å²) in [7, 11) is 1.55. The highest BCUT2D eigenvalue weighted by Crippen LogP contribution is 2.39. The molecule has 5 heterocycles. The van der Waals surface area contributed by atoms with Gasteiger partial charge < -0.3 is 23.9 Å². The number of aryl methyl sites for hydroxylation is 1. The van der Waals surface area contributed by atoms with Gasteiger partial charge in [-0.3, -0.25) is 4.79 Å². The van der Waals surface area contributed by atoms with Crippen LogP contribution in [-0.4, -0.2) is 34.8 Å². The van der Waals surface area contributed by atoms with Crippen molar-refractivity contribution in [3.63, 3.8) is 0 Å². The van der Waals surface area contributed by atoms with Crippen molar-refractivity contribution in [2.45, 2.75) is 37.8 Å². The summed E-state index contributed by atoms with van der Waals surface area (Å²) in [5.74, 6) is -0.382. The standard InChI is InChI=1S/C31H24ClF4N7O3/c1-41-27-25(32)23(46-24-14-38-43-9-5-8-21(33)26(24)43)13-37-28(27)40-30(41)39-22-10-18(31(34,35)36)15-42(29(22)44)19-11-20(12-19)45-16-17-6-3-2-4-7-17/h2-10,13-15,19-20H,11-12,16H2,1H3,(H,37,39,40). The molecule has 15 heteroatoms. The largest absolute Gasteiger partial charge is 0.450 e. The Hall–Kier alpha value is -4.95. The van der Waals surface area contributed by atoms with E-state index in [2.05, 4.69) is 20.4 Å². The molecule has 236 valence electrons. The Morgan fingerprint density at radius 1 is 1.07 bits per heavy atom. The number of aromatic nitrogens is 6. The van der Waals surface area contributed by atoms with E-state index in [4.69, 9.17) is 21.1 Å². The third-order valence-corrected chi connectivity index (χ3v) is 8.26. The number of imidazole rings is 1. The maximum absolute atomic E-state index is 14.5. The summed E-state index contributed by atoms with van der Waals surface area (Å²) in [6, 6.07) is 12.6. The molecule has 0 atom stereocenters. The summed E-state index contributed by atoms with van der Waals surface area (Å²) >= 11 is 6.66. The summed E-state index contributed by atoms with van der Waals surface area (Å²) in [6.07, 6.45) is 0.884. The molecule has 6 aromatic rings. The van der Waals surface area contributed by atoms with Crippen LogP contribution in [0.3, 0.4) is 0 Å². The van der Waals surface area contributed by atoms with E-state index in [9.17, 15) is 22.4 Å². The van der Waals surface area contributed by atoms with E-state index in [1.807, 2.05) is 30.3 Å². The zero-order valence-electron chi connectivity index (χ0n) is 24.0. The third-order valence-electron chi connectivity index (χ3n) is 7.89. The van der Waals surface area contributed by atoms with E-state index in [1.165, 1.54) is 33.6 Å². The van der Waals surface area contributed by atoms with E-state index in [0.29, 0.717) is 19.4 Å². The molecule has 1 aliphatic carbocycles. The minimum Gasteiger partial charge on any atom is -0.450 e. The molecule has 10 nitrogen and oxygen atoms in total. The van der Waals surface area contributed by atoms with Gasteiger partial charge in [-0.2, -0.15) is 23.3 Å². The van der Waals surface area contributed by atoms with Gasteiger partial charge in [-0.15, -0.1) is 0 Å². The average molecular weight is 654 g/mol. The first kappa shape index (κ1) is 29.7. The molecule has 1 aliphatic rings. The van der Waals surface area contributed by atoms with Gasteiger partial charge in [-0.1, -0.05) is 41.9 Å². The number of pyridine rings is 3. The molecule has 0 bridgehead atoms. The summed E-state index contributed by atoms with van der Waals surface area (Å²) < 4.78 is 71.9. The van der Waals surface area contributed by atoms with E-state index < -0.39 is 29.2 Å². The Morgan fingerprint density at radius 3 is 2.61 bits per heavy atom. The molecule has 46 heavy (non-hydrogen) atoms. The molecule has 7 rings (SSSR count). The van der Waals surface area contributed by atoms with Crippen molar-refractivity contribution in [2.24, 2.45) is 7.05 Å². The third kappa shape index (κ3) is 5.43. The predicted molar refractivity (Wildman–Crippen MR) is 161 cm³/mol. The summed E-state index contributed by atoms with van der Waals surface area (Å²) in [5, 5.41) is 6.88. The number of benzene rings is 1. The molecule has 1 N–H and O–H groups in total. The van der Waals surface area contributed by atoms with Gasteiger partial charge in [-0.05, 0) is 36.6 Å². The van der Waals surface area contributed by atoms with Crippen LogP contribution in [0.5, 0.6) is 11.5 Å². The molecule has 0 unspecified atom stereocenters. The molecule has 1 aromatic carbocycles. The van der Waals surface area contributed by atoms with E-state index in [0.717, 1.165) is 22.4 Å². The van der Waals surface area contributed by atoms with Crippen LogP contribution in [0.1, 0.15) is 30.0 Å². The van der Waals surface area contributed by atoms with Gasteiger partial charge >= 0.3 is 6.18 Å². The Morgan fingerprint density at radius 2 is 1.85 bits per heavy atom. The smallest absolute Gasteiger partial charge is 0.417 e. The van der Waals surface area contributed by atoms with Gasteiger partial charge in [0.25, 0.3) is 5.56 Å². The molecule has 1 fully saturated rings. The summed E-state index contributed by atoms with van der Waals surface area (Å²) in [6.45, 7) is 0.370. The highest BCUT2D eigenvalue weighted by molar-refractivity contribution is 6.36. The fourth-order valence-electron chi connectivity index (χ4n) is 5.39. The number of halogens is 5. The normalized spacial score (nSPS) is 16.6. The second-order valence-electron chi connectivity index (χ2n) is 10.9. The number of nitrogens with zero attached hydrogens (tertiary/aromatic N) is 6. The van der Waals surface area contributed by atoms with Gasteiger partial charge in [0.1, 0.15) is 21.7 Å². The number of nitrogens with one attached hydrogen (secondary N) is 1. The quantitative estimate of drug-likeness (QED) is 0.176. The number of ether oxygens (including phenoxy) is 2. The minimum absolute atomic E-state index is 0.0178. The first-order valence-electron chi connectivity index (χ1n) is 14.1. The Bertz CT molecular complexity index is 2140. The van der Waals surface area contributed by atoms with Crippen molar-refractivity contribution in [1.82, 2.24) is 28.7 Å². The van der Waals surface area contributed by atoms with Gasteiger partial charge in [-0.25, -0.2) is 13.9 Å². The van der Waals surface area contributed by atoms with E-state index in [-0.39, 0.29) is 50.9 Å². The second kappa shape index (κ2) is 11.4. The van der Waals surface area contributed by atoms with Crippen LogP contribution in [0.2, 0.25) is 5.02 Å². The Kier molecular flexibility index (Phi) is 7.40. The first-order chi connectivity index (χ1) is 22.1. The van der Waals surface area contributed by atoms with Crippen LogP contribution >= 0.6 is 11.6 Å². The van der Waals surface area contributed by atoms with Gasteiger partial charge in [0.2, 0.25) is 5.95 Å². The fourth-order valence-corrected chi connectivity index (χ4v) is 5.69. The number of hydrogen-bond acceptors (Lipinski definition) is 7. The zero-order chi connectivity index (χ0) is 32.2. The number of fused-ring (bicyclic) bond motifs is 2. The molecule has 0 spiro atoms. The number of rotatable bonds is 8. The first-order valence-corrected chi connectivity index (χ1v) is 14.5. The van der Waals surface area contributed by atoms with Crippen molar-refractivity contribution in [1.29, 1.82) is 0 Å². The van der Waals surface area contributed by atoms with Crippen LogP contribution in [-0.2, 0) is 24.6 Å². The molecule has 0 saturated heterocycles. The average Bonchev–Trinajstić information content (AvgIpc) is 3.56. The lowest BCUT2D eigenvalue weighted by atomic mass is 9.88. The van der Waals surface area contributed by atoms with E-state index in [1.54, 1.807) is 13.2 Å². The van der Waals surface area contributed by atoms with Crippen LogP contribution < -0.4 is 15.6 Å². The lowest BCUT2D eigenvalue weighted by molar-refractivity contribution is -0.138. The van der Waals surface area contributed by atoms with Crippen molar-refractivity contribution < 1.29 is 27.0 Å². The molecule has 0 radical (unpaired) electrons. The lowest BCUT2D eigenvalue weighted by Gasteiger charge is -2.36.